The number of nitriles is 1. The van der Waals surface area contributed by atoms with E-state index in [0.29, 0.717) is 6.42 Å². The summed E-state index contributed by atoms with van der Waals surface area (Å²) >= 11 is 0. The summed E-state index contributed by atoms with van der Waals surface area (Å²) in [6, 6.07) is 2.25. The summed E-state index contributed by atoms with van der Waals surface area (Å²) in [7, 11) is 1.63. The molecule has 3 nitrogen and oxygen atoms in total. The summed E-state index contributed by atoms with van der Waals surface area (Å²) in [5.41, 5.74) is -0.919. The Morgan fingerprint density at radius 1 is 1.60 bits per heavy atom. The number of hydrogen-bond donors (Lipinski definition) is 1. The molecule has 1 N–H and O–H groups in total. The van der Waals surface area contributed by atoms with Gasteiger partial charge < -0.3 is 9.84 Å². The standard InChI is InChI=1S/C12H21NO2/c1-3-6-10(9-13)12(14)8-5-4-7-11(12)15-2/h10-11,14H,3-8H2,1-2H3. The minimum atomic E-state index is -0.919. The van der Waals surface area contributed by atoms with Crippen molar-refractivity contribution in [2.75, 3.05) is 7.11 Å². The molecule has 0 spiro atoms. The third-order valence-electron chi connectivity index (χ3n) is 3.47. The zero-order valence-corrected chi connectivity index (χ0v) is 9.70. The van der Waals surface area contributed by atoms with Gasteiger partial charge in [-0.15, -0.1) is 0 Å². The lowest BCUT2D eigenvalue weighted by Crippen LogP contribution is -2.51. The van der Waals surface area contributed by atoms with Crippen LogP contribution in [0.4, 0.5) is 0 Å². The van der Waals surface area contributed by atoms with Crippen molar-refractivity contribution in [3.8, 4) is 6.07 Å². The van der Waals surface area contributed by atoms with E-state index in [4.69, 9.17) is 10.00 Å². The Balaban J connectivity index is 2.79. The zero-order chi connectivity index (χ0) is 11.3. The molecule has 0 heterocycles. The van der Waals surface area contributed by atoms with Crippen LogP contribution in [0, 0.1) is 17.2 Å². The summed E-state index contributed by atoms with van der Waals surface area (Å²) in [6.07, 6.45) is 5.17. The van der Waals surface area contributed by atoms with E-state index in [9.17, 15) is 5.11 Å². The monoisotopic (exact) mass is 211 g/mol. The van der Waals surface area contributed by atoms with Crippen LogP contribution in [0.5, 0.6) is 0 Å². The predicted molar refractivity (Wildman–Crippen MR) is 58.2 cm³/mol. The second kappa shape index (κ2) is 5.48. The second-order valence-corrected chi connectivity index (χ2v) is 4.43. The summed E-state index contributed by atoms with van der Waals surface area (Å²) in [5, 5.41) is 19.7. The van der Waals surface area contributed by atoms with Crippen LogP contribution in [-0.4, -0.2) is 23.9 Å². The molecule has 86 valence electrons. The zero-order valence-electron chi connectivity index (χ0n) is 9.70. The first kappa shape index (κ1) is 12.5. The predicted octanol–water partition coefficient (Wildman–Crippen LogP) is 2.25. The Labute approximate surface area is 92.0 Å². The van der Waals surface area contributed by atoms with Crippen LogP contribution < -0.4 is 0 Å². The summed E-state index contributed by atoms with van der Waals surface area (Å²) < 4.78 is 5.33. The molecule has 0 aromatic carbocycles. The first-order chi connectivity index (χ1) is 7.19. The van der Waals surface area contributed by atoms with Gasteiger partial charge in [0.25, 0.3) is 0 Å². The molecule has 0 bridgehead atoms. The highest BCUT2D eigenvalue weighted by molar-refractivity contribution is 5.04. The lowest BCUT2D eigenvalue weighted by Gasteiger charge is -2.41. The van der Waals surface area contributed by atoms with Gasteiger partial charge in [0.2, 0.25) is 0 Å². The quantitative estimate of drug-likeness (QED) is 0.776. The van der Waals surface area contributed by atoms with E-state index in [-0.39, 0.29) is 12.0 Å². The van der Waals surface area contributed by atoms with Gasteiger partial charge in [-0.25, -0.2) is 0 Å². The third-order valence-corrected chi connectivity index (χ3v) is 3.47. The molecule has 0 aromatic heterocycles. The first-order valence-electron chi connectivity index (χ1n) is 5.83. The normalized spacial score (nSPS) is 33.3. The SMILES string of the molecule is CCCC(C#N)C1(O)CCCCC1OC. The Morgan fingerprint density at radius 2 is 2.33 bits per heavy atom. The molecule has 0 saturated heterocycles. The molecule has 3 atom stereocenters. The van der Waals surface area contributed by atoms with E-state index < -0.39 is 5.60 Å². The van der Waals surface area contributed by atoms with Crippen molar-refractivity contribution in [2.24, 2.45) is 5.92 Å². The van der Waals surface area contributed by atoms with Crippen molar-refractivity contribution in [1.29, 1.82) is 5.26 Å². The van der Waals surface area contributed by atoms with Crippen molar-refractivity contribution < 1.29 is 9.84 Å². The Bertz CT molecular complexity index is 236. The van der Waals surface area contributed by atoms with Gasteiger partial charge in [-0.05, 0) is 19.3 Å². The number of rotatable bonds is 4. The van der Waals surface area contributed by atoms with Crippen LogP contribution in [-0.2, 0) is 4.74 Å². The summed E-state index contributed by atoms with van der Waals surface area (Å²) in [5.74, 6) is -0.284. The minimum Gasteiger partial charge on any atom is -0.386 e. The molecule has 1 aliphatic rings. The Kier molecular flexibility index (Phi) is 4.56. The molecule has 1 fully saturated rings. The number of methoxy groups -OCH3 is 1. The van der Waals surface area contributed by atoms with Gasteiger partial charge in [0, 0.05) is 7.11 Å². The lowest BCUT2D eigenvalue weighted by molar-refractivity contribution is -0.139. The molecule has 15 heavy (non-hydrogen) atoms. The molecule has 3 unspecified atom stereocenters. The van der Waals surface area contributed by atoms with E-state index in [1.54, 1.807) is 7.11 Å². The van der Waals surface area contributed by atoms with Crippen molar-refractivity contribution in [1.82, 2.24) is 0 Å². The largest absolute Gasteiger partial charge is 0.386 e. The average molecular weight is 211 g/mol. The second-order valence-electron chi connectivity index (χ2n) is 4.43. The fourth-order valence-corrected chi connectivity index (χ4v) is 2.58. The van der Waals surface area contributed by atoms with E-state index >= 15 is 0 Å². The number of aliphatic hydroxyl groups is 1. The molecular formula is C12H21NO2. The first-order valence-corrected chi connectivity index (χ1v) is 5.83. The van der Waals surface area contributed by atoms with Crippen LogP contribution in [0.1, 0.15) is 45.4 Å². The van der Waals surface area contributed by atoms with E-state index in [0.717, 1.165) is 32.1 Å². The molecule has 1 rings (SSSR count). The van der Waals surface area contributed by atoms with Gasteiger partial charge in [-0.1, -0.05) is 26.2 Å². The fraction of sp³-hybridized carbons (Fsp3) is 0.917. The van der Waals surface area contributed by atoms with Crippen LogP contribution in [0.2, 0.25) is 0 Å². The Morgan fingerprint density at radius 3 is 2.87 bits per heavy atom. The topological polar surface area (TPSA) is 53.2 Å². The van der Waals surface area contributed by atoms with Gasteiger partial charge >= 0.3 is 0 Å². The van der Waals surface area contributed by atoms with Gasteiger partial charge in [-0.2, -0.15) is 5.26 Å². The molecule has 3 heteroatoms. The highest BCUT2D eigenvalue weighted by Gasteiger charge is 2.45. The molecule has 0 aliphatic heterocycles. The van der Waals surface area contributed by atoms with Crippen LogP contribution >= 0.6 is 0 Å². The number of hydrogen-bond acceptors (Lipinski definition) is 3. The lowest BCUT2D eigenvalue weighted by atomic mass is 9.72. The molecule has 1 aliphatic carbocycles. The number of nitrogens with zero attached hydrogens (tertiary/aromatic N) is 1. The van der Waals surface area contributed by atoms with E-state index in [2.05, 4.69) is 6.07 Å². The van der Waals surface area contributed by atoms with Crippen LogP contribution in [0.15, 0.2) is 0 Å². The highest BCUT2D eigenvalue weighted by Crippen LogP contribution is 2.37. The molecule has 0 radical (unpaired) electrons. The minimum absolute atomic E-state index is 0.164. The van der Waals surface area contributed by atoms with Gasteiger partial charge in [0.15, 0.2) is 0 Å². The maximum absolute atomic E-state index is 10.6. The fourth-order valence-electron chi connectivity index (χ4n) is 2.58. The van der Waals surface area contributed by atoms with Gasteiger partial charge in [-0.3, -0.25) is 0 Å². The number of ether oxygens (including phenoxy) is 1. The molecule has 0 aromatic rings. The Hall–Kier alpha value is -0.590. The van der Waals surface area contributed by atoms with Crippen LogP contribution in [0.25, 0.3) is 0 Å². The average Bonchev–Trinajstić information content (AvgIpc) is 2.26. The maximum Gasteiger partial charge on any atom is 0.106 e. The van der Waals surface area contributed by atoms with Gasteiger partial charge in [0.1, 0.15) is 5.60 Å². The maximum atomic E-state index is 10.6. The van der Waals surface area contributed by atoms with E-state index in [1.165, 1.54) is 0 Å². The third kappa shape index (κ3) is 2.50. The summed E-state index contributed by atoms with van der Waals surface area (Å²) in [6.45, 7) is 2.04. The van der Waals surface area contributed by atoms with Crippen molar-refractivity contribution in [3.63, 3.8) is 0 Å². The van der Waals surface area contributed by atoms with Crippen molar-refractivity contribution >= 4 is 0 Å². The highest BCUT2D eigenvalue weighted by atomic mass is 16.5. The molecular weight excluding hydrogens is 190 g/mol. The summed E-state index contributed by atoms with van der Waals surface area (Å²) in [4.78, 5) is 0. The molecule has 0 amide bonds. The van der Waals surface area contributed by atoms with Crippen molar-refractivity contribution in [3.05, 3.63) is 0 Å². The van der Waals surface area contributed by atoms with Crippen LogP contribution in [0.3, 0.4) is 0 Å². The van der Waals surface area contributed by atoms with E-state index in [1.807, 2.05) is 6.92 Å². The van der Waals surface area contributed by atoms with Crippen molar-refractivity contribution in [2.45, 2.75) is 57.2 Å². The van der Waals surface area contributed by atoms with Gasteiger partial charge in [0.05, 0.1) is 18.1 Å². The molecule has 1 saturated carbocycles. The smallest absolute Gasteiger partial charge is 0.106 e.